The molecule has 5 aliphatic carbocycles. The van der Waals surface area contributed by atoms with Crippen molar-refractivity contribution in [3.8, 4) is 16.9 Å². The molecule has 8 aromatic carbocycles. The molecule has 1 unspecified atom stereocenters. The highest BCUT2D eigenvalue weighted by atomic mass is 32.2. The van der Waals surface area contributed by atoms with Gasteiger partial charge in [-0.1, -0.05) is 289 Å². The van der Waals surface area contributed by atoms with E-state index in [0.717, 1.165) is 111 Å². The summed E-state index contributed by atoms with van der Waals surface area (Å²) in [4.78, 5) is 100.0. The second-order valence-electron chi connectivity index (χ2n) is 44.6. The van der Waals surface area contributed by atoms with Gasteiger partial charge in [-0.15, -0.1) is 0 Å². The van der Waals surface area contributed by atoms with Crippen molar-refractivity contribution < 1.29 is 43.1 Å². The number of ketones is 7. The van der Waals surface area contributed by atoms with E-state index in [4.69, 9.17) is 4.74 Å². The number of esters is 1. The zero-order valence-electron chi connectivity index (χ0n) is 87.9. The number of hydrogen-bond donors (Lipinski definition) is 0. The van der Waals surface area contributed by atoms with Gasteiger partial charge in [-0.25, -0.2) is 0 Å². The lowest BCUT2D eigenvalue weighted by Gasteiger charge is -2.55. The van der Waals surface area contributed by atoms with Crippen LogP contribution >= 0.6 is 0 Å². The summed E-state index contributed by atoms with van der Waals surface area (Å²) in [7, 11) is 2.24. The van der Waals surface area contributed by atoms with Crippen LogP contribution in [-0.4, -0.2) is 166 Å². The van der Waals surface area contributed by atoms with Gasteiger partial charge in [0, 0.05) is 55.3 Å². The number of carbonyl (C=O) groups excluding carboxylic acids is 8. The van der Waals surface area contributed by atoms with Crippen LogP contribution in [-0.2, 0) is 92.9 Å². The Hall–Kier alpha value is -6.63. The van der Waals surface area contributed by atoms with Crippen LogP contribution in [0.15, 0.2) is 212 Å². The first-order valence-electron chi connectivity index (χ1n) is 54.1. The van der Waals surface area contributed by atoms with Gasteiger partial charge < -0.3 is 4.74 Å². The fourth-order valence-corrected chi connectivity index (χ4v) is 39.7. The van der Waals surface area contributed by atoms with E-state index in [1.54, 1.807) is 0 Å². The van der Waals surface area contributed by atoms with Crippen molar-refractivity contribution in [2.45, 2.75) is 284 Å². The Morgan fingerprint density at radius 1 is 0.369 bits per heavy atom. The molecule has 11 fully saturated rings. The minimum Gasteiger partial charge on any atom is -0.426 e. The van der Waals surface area contributed by atoms with Crippen LogP contribution in [0.25, 0.3) is 11.1 Å². The number of Topliss-reactive ketones (excluding diaryl/α,β-unsaturated/α-hetero) is 7. The highest BCUT2D eigenvalue weighted by molar-refractivity contribution is 8.00. The molecular formula is C125H171O9S7+7. The van der Waals surface area contributed by atoms with E-state index < -0.39 is 0 Å². The zero-order chi connectivity index (χ0) is 100. The van der Waals surface area contributed by atoms with Gasteiger partial charge >= 0.3 is 5.97 Å². The molecule has 8 aromatic rings. The van der Waals surface area contributed by atoms with Gasteiger partial charge in [0.1, 0.15) is 86.3 Å². The van der Waals surface area contributed by atoms with Crippen molar-refractivity contribution in [3.05, 3.63) is 268 Å². The fourth-order valence-electron chi connectivity index (χ4n) is 22.3. The lowest BCUT2D eigenvalue weighted by Crippen LogP contribution is -2.51. The predicted molar refractivity (Wildman–Crippen MR) is 617 cm³/mol. The van der Waals surface area contributed by atoms with Crippen LogP contribution in [0.2, 0.25) is 0 Å². The molecule has 19 rings (SSSR count). The monoisotopic (exact) mass is 2040 g/mol. The molecule has 16 heteroatoms. The average Bonchev–Trinajstić information content (AvgIpc) is 1.06. The first-order chi connectivity index (χ1) is 67.9. The second kappa shape index (κ2) is 57.1. The maximum Gasteiger partial charge on any atom is 0.317 e. The van der Waals surface area contributed by atoms with E-state index in [9.17, 15) is 38.4 Å². The summed E-state index contributed by atoms with van der Waals surface area (Å²) < 4.78 is 5.65. The quantitative estimate of drug-likeness (QED) is 0.0170. The van der Waals surface area contributed by atoms with Gasteiger partial charge in [-0.05, 0) is 314 Å². The molecule has 0 radical (unpaired) electrons. The SMILES string of the molecule is CC(C)(C(=O)c1ccccc1)[S+]1CCCC1.CC(C)(C)c1ccc(C(=O)C[S+]2CCCC2)cc1.CC(C)Cc1ccc(C(=O)C[S+]2CCCC2)cc1.CCCC[S+](CCCC)C(C(=O)c1ccccc1)C(C)(C)C.O=C(C[S+]1CCCC1)c1ccc(-c2ccccc2)cc1.O=C(C[S+]1CCCC1)c1ccc(C2CCCCC2)cc1.O=C(C[S+]1CCCC1)c1ccc(OC(=O)C23CC4CC(CC(C4)C2)C3)cc1. The Balaban J connectivity index is 0.000000148. The van der Waals surface area contributed by atoms with Crippen LogP contribution in [0.3, 0.4) is 0 Å². The molecule has 760 valence electrons. The maximum absolute atomic E-state index is 13.2. The third-order valence-electron chi connectivity index (χ3n) is 30.0. The van der Waals surface area contributed by atoms with Crippen molar-refractivity contribution in [1.29, 1.82) is 0 Å². The van der Waals surface area contributed by atoms with Crippen LogP contribution in [0.4, 0.5) is 0 Å². The second-order valence-corrected chi connectivity index (χ2v) is 61.4. The van der Waals surface area contributed by atoms with Crippen molar-refractivity contribution >= 4 is 123 Å². The van der Waals surface area contributed by atoms with Crippen molar-refractivity contribution in [2.75, 3.05) is 109 Å². The summed E-state index contributed by atoms with van der Waals surface area (Å²) >= 11 is 0. The molecule has 0 N–H and O–H groups in total. The van der Waals surface area contributed by atoms with Crippen molar-refractivity contribution in [1.82, 2.24) is 0 Å². The van der Waals surface area contributed by atoms with Gasteiger partial charge in [-0.3, -0.25) is 38.4 Å². The lowest BCUT2D eigenvalue weighted by atomic mass is 9.49. The largest absolute Gasteiger partial charge is 0.426 e. The molecule has 6 heterocycles. The van der Waals surface area contributed by atoms with E-state index in [1.165, 1.54) is 262 Å². The first-order valence-corrected chi connectivity index (χ1v) is 65.9. The molecule has 0 spiro atoms. The highest BCUT2D eigenvalue weighted by Crippen LogP contribution is 2.60. The Labute approximate surface area is 871 Å². The molecule has 141 heavy (non-hydrogen) atoms. The van der Waals surface area contributed by atoms with E-state index in [1.807, 2.05) is 140 Å². The molecule has 1 atom stereocenters. The lowest BCUT2D eigenvalue weighted by molar-refractivity contribution is -0.161. The molecule has 0 aromatic heterocycles. The summed E-state index contributed by atoms with van der Waals surface area (Å²) in [5.74, 6) is 27.7. The van der Waals surface area contributed by atoms with Gasteiger partial charge in [0.2, 0.25) is 40.5 Å². The molecule has 5 saturated carbocycles. The Bertz CT molecular complexity index is 5090. The van der Waals surface area contributed by atoms with E-state index >= 15 is 0 Å². The number of unbranched alkanes of at least 4 members (excludes halogenated alkanes) is 2. The van der Waals surface area contributed by atoms with Crippen LogP contribution in [0.5, 0.6) is 5.75 Å². The number of ether oxygens (including phenoxy) is 1. The van der Waals surface area contributed by atoms with Gasteiger partial charge in [-0.2, -0.15) is 0 Å². The molecule has 11 aliphatic rings. The van der Waals surface area contributed by atoms with E-state index in [0.29, 0.717) is 95.7 Å². The van der Waals surface area contributed by atoms with Crippen LogP contribution < -0.4 is 4.74 Å². The molecule has 4 bridgehead atoms. The Morgan fingerprint density at radius 3 is 1.06 bits per heavy atom. The summed E-state index contributed by atoms with van der Waals surface area (Å²) in [5, 5.41) is 0.146. The molecular weight excluding hydrogens is 1870 g/mol. The van der Waals surface area contributed by atoms with Crippen LogP contribution in [0.1, 0.15) is 352 Å². The fraction of sp³-hybridized carbons (Fsp3) is 0.552. The number of carbonyl (C=O) groups is 8. The Morgan fingerprint density at radius 2 is 0.702 bits per heavy atom. The van der Waals surface area contributed by atoms with Gasteiger partial charge in [0.25, 0.3) is 0 Å². The van der Waals surface area contributed by atoms with E-state index in [2.05, 4.69) is 156 Å². The summed E-state index contributed by atoms with van der Waals surface area (Å²) in [6, 6.07) is 70.3. The number of rotatable bonds is 33. The van der Waals surface area contributed by atoms with Crippen molar-refractivity contribution in [2.24, 2.45) is 34.5 Å². The molecule has 6 aliphatic heterocycles. The topological polar surface area (TPSA) is 146 Å². The minimum atomic E-state index is -0.229. The Kier molecular flexibility index (Phi) is 45.8. The maximum atomic E-state index is 13.2. The summed E-state index contributed by atoms with van der Waals surface area (Å²) in [6.45, 7) is 26.5. The minimum absolute atomic E-state index is 0.0203. The standard InChI is InChI=1S/C23H29O3S.C20H33OS.C18H25OS.C18H19OS.2C16H23OS.C14H19OS/c24-21(15-27-7-1-2-8-27)19-3-5-20(6-4-19)26-22(25)23-12-16-9-17(13-23)11-18(10-16)14-23;1-6-8-15-22(16-9-7-2)19(20(3,4)5)18(21)17-13-11-10-12-14-17;2*19-18(14-20-12-4-5-13-20)17-10-8-16(9-11-17)15-6-2-1-3-7-15;1-16(2,3)14-8-6-13(7-9-14)15(17)12-18-10-4-5-11-18;1-13(2)11-14-5-7-15(8-6-14)16(17)12-18-9-3-4-10-18;1-14(2,16-10-6-7-11-16)13(15)12-8-4-3-5-9-12/h3-6,16-18H,1-2,7-15H2;10-14,19H,6-9,15-16H2,1-5H3;8-11,15H,1-7,12-14H2;1-3,6-11H,4-5,12-14H2;6-9H,4-5,10-12H2,1-3H3;5-8,13H,3-4,9-12H2,1-2H3;3-5,8-9H,6-7,10-11H2,1-2H3/q7*+1. The molecule has 9 nitrogen and oxygen atoms in total. The number of hydrogen-bond acceptors (Lipinski definition) is 9. The zero-order valence-corrected chi connectivity index (χ0v) is 93.7. The highest BCUT2D eigenvalue weighted by Gasteiger charge is 2.56. The van der Waals surface area contributed by atoms with Gasteiger partial charge in [0.15, 0.2) is 38.8 Å². The number of benzene rings is 8. The summed E-state index contributed by atoms with van der Waals surface area (Å²) in [5.41, 5.74) is 12.5. The summed E-state index contributed by atoms with van der Waals surface area (Å²) in [6.07, 6.45) is 35.6. The predicted octanol–water partition coefficient (Wildman–Crippen LogP) is 28.3. The molecule has 0 amide bonds. The van der Waals surface area contributed by atoms with Crippen LogP contribution in [0, 0.1) is 34.5 Å². The average molecular weight is 2040 g/mol. The van der Waals surface area contributed by atoms with Crippen molar-refractivity contribution in [3.63, 3.8) is 0 Å². The molecule has 6 saturated heterocycles. The first kappa shape index (κ1) is 113. The normalized spacial score (nSPS) is 20.2. The smallest absolute Gasteiger partial charge is 0.317 e. The third kappa shape index (κ3) is 35.6. The van der Waals surface area contributed by atoms with E-state index in [-0.39, 0.29) is 70.7 Å². The third-order valence-corrected chi connectivity index (χ3v) is 48.4. The van der Waals surface area contributed by atoms with Gasteiger partial charge in [0.05, 0.1) is 5.41 Å².